The monoisotopic (exact) mass is 572 g/mol. The van der Waals surface area contributed by atoms with E-state index in [2.05, 4.69) is 126 Å². The van der Waals surface area contributed by atoms with Crippen molar-refractivity contribution in [2.45, 2.75) is 0 Å². The number of fused-ring (bicyclic) bond motifs is 11. The van der Waals surface area contributed by atoms with E-state index in [1.54, 1.807) is 11.3 Å². The lowest BCUT2D eigenvalue weighted by molar-refractivity contribution is 0.621. The zero-order valence-corrected chi connectivity index (χ0v) is 23.8. The van der Waals surface area contributed by atoms with Crippen LogP contribution in [0.3, 0.4) is 0 Å². The molecule has 0 aliphatic carbocycles. The molecular weight excluding hydrogens is 553 g/mol. The summed E-state index contributed by atoms with van der Waals surface area (Å²) in [5.41, 5.74) is 6.36. The van der Waals surface area contributed by atoms with Gasteiger partial charge in [-0.3, -0.25) is 0 Å². The van der Waals surface area contributed by atoms with Crippen molar-refractivity contribution < 1.29 is 4.42 Å². The molecule has 0 unspecified atom stereocenters. The molecule has 0 N–H and O–H groups in total. The van der Waals surface area contributed by atoms with Gasteiger partial charge in [0.15, 0.2) is 5.58 Å². The van der Waals surface area contributed by atoms with Gasteiger partial charge in [0.05, 0.1) is 27.0 Å². The molecular formula is C37H20N2OS2. The van der Waals surface area contributed by atoms with Crippen molar-refractivity contribution in [3.8, 4) is 17.1 Å². The third-order valence-electron chi connectivity index (χ3n) is 8.45. The molecule has 5 heteroatoms. The molecule has 0 amide bonds. The minimum absolute atomic E-state index is 0.665. The fourth-order valence-corrected chi connectivity index (χ4v) is 9.00. The number of aromatic nitrogens is 2. The lowest BCUT2D eigenvalue weighted by Gasteiger charge is -2.11. The van der Waals surface area contributed by atoms with Gasteiger partial charge in [0.25, 0.3) is 0 Å². The first kappa shape index (κ1) is 22.7. The van der Waals surface area contributed by atoms with Crippen LogP contribution in [0.15, 0.2) is 126 Å². The predicted molar refractivity (Wildman–Crippen MR) is 180 cm³/mol. The van der Waals surface area contributed by atoms with Crippen LogP contribution in [0.5, 0.6) is 0 Å². The minimum Gasteiger partial charge on any atom is -0.436 e. The molecule has 42 heavy (non-hydrogen) atoms. The van der Waals surface area contributed by atoms with Crippen LogP contribution in [0.4, 0.5) is 0 Å². The summed E-state index contributed by atoms with van der Waals surface area (Å²) in [7, 11) is 0. The topological polar surface area (TPSA) is 31.0 Å². The van der Waals surface area contributed by atoms with E-state index >= 15 is 0 Å². The molecule has 4 heterocycles. The van der Waals surface area contributed by atoms with E-state index in [1.807, 2.05) is 11.3 Å². The van der Waals surface area contributed by atoms with Crippen LogP contribution in [0.25, 0.3) is 90.4 Å². The van der Waals surface area contributed by atoms with Gasteiger partial charge in [-0.15, -0.1) is 22.7 Å². The van der Waals surface area contributed by atoms with Crippen molar-refractivity contribution in [3.63, 3.8) is 0 Å². The van der Waals surface area contributed by atoms with Crippen LogP contribution >= 0.6 is 22.7 Å². The summed E-state index contributed by atoms with van der Waals surface area (Å²) in [4.78, 5) is 5.19. The van der Waals surface area contributed by atoms with Gasteiger partial charge in [0.1, 0.15) is 5.52 Å². The van der Waals surface area contributed by atoms with E-state index < -0.39 is 0 Å². The summed E-state index contributed by atoms with van der Waals surface area (Å²) >= 11 is 3.62. The first-order valence-electron chi connectivity index (χ1n) is 14.0. The van der Waals surface area contributed by atoms with Gasteiger partial charge in [0, 0.05) is 46.4 Å². The maximum Gasteiger partial charge on any atom is 0.228 e. The summed E-state index contributed by atoms with van der Waals surface area (Å²) in [5, 5.41) is 7.41. The lowest BCUT2D eigenvalue weighted by atomic mass is 10.1. The van der Waals surface area contributed by atoms with Gasteiger partial charge < -0.3 is 8.98 Å². The Labute approximate surface area is 247 Å². The highest BCUT2D eigenvalue weighted by Crippen LogP contribution is 2.46. The highest BCUT2D eigenvalue weighted by Gasteiger charge is 2.22. The summed E-state index contributed by atoms with van der Waals surface area (Å²) in [5.74, 6) is 0.665. The second-order valence-electron chi connectivity index (χ2n) is 10.7. The van der Waals surface area contributed by atoms with Crippen molar-refractivity contribution in [2.75, 3.05) is 0 Å². The standard InChI is InChI=1S/C37H20N2OS2/c1-5-13-26-21(9-1)22-10-2-6-14-27(22)39(26)28-18-17-25(36-33(28)23-11-3-8-16-31(23)42-36)37-38-35-29(40-37)19-20-32-34(35)24-12-4-7-15-30(24)41-32/h1-20H. The summed E-state index contributed by atoms with van der Waals surface area (Å²) in [6, 6.07) is 43.3. The fourth-order valence-electron chi connectivity index (χ4n) is 6.66. The lowest BCUT2D eigenvalue weighted by Crippen LogP contribution is -1.95. The summed E-state index contributed by atoms with van der Waals surface area (Å²) in [6.45, 7) is 0. The van der Waals surface area contributed by atoms with Gasteiger partial charge in [-0.1, -0.05) is 72.8 Å². The summed E-state index contributed by atoms with van der Waals surface area (Å²) < 4.78 is 13.9. The van der Waals surface area contributed by atoms with E-state index in [0.29, 0.717) is 5.89 Å². The number of nitrogens with zero attached hydrogens (tertiary/aromatic N) is 2. The van der Waals surface area contributed by atoms with E-state index in [1.165, 1.54) is 67.8 Å². The van der Waals surface area contributed by atoms with Gasteiger partial charge >= 0.3 is 0 Å². The van der Waals surface area contributed by atoms with Crippen molar-refractivity contribution in [2.24, 2.45) is 0 Å². The van der Waals surface area contributed by atoms with Gasteiger partial charge in [-0.2, -0.15) is 0 Å². The maximum absolute atomic E-state index is 6.55. The Morgan fingerprint density at radius 3 is 1.88 bits per heavy atom. The van der Waals surface area contributed by atoms with Crippen molar-refractivity contribution in [1.82, 2.24) is 9.55 Å². The highest BCUT2D eigenvalue weighted by molar-refractivity contribution is 7.26. The van der Waals surface area contributed by atoms with E-state index in [9.17, 15) is 0 Å². The molecule has 0 aliphatic rings. The van der Waals surface area contributed by atoms with Gasteiger partial charge in [0.2, 0.25) is 5.89 Å². The molecule has 3 nitrogen and oxygen atoms in total. The third-order valence-corrected chi connectivity index (χ3v) is 10.8. The van der Waals surface area contributed by atoms with Crippen LogP contribution in [-0.2, 0) is 0 Å². The zero-order valence-electron chi connectivity index (χ0n) is 22.2. The van der Waals surface area contributed by atoms with Crippen LogP contribution in [0, 0.1) is 0 Å². The highest BCUT2D eigenvalue weighted by atomic mass is 32.1. The largest absolute Gasteiger partial charge is 0.436 e. The molecule has 0 aliphatic heterocycles. The first-order chi connectivity index (χ1) is 20.8. The Morgan fingerprint density at radius 2 is 1.14 bits per heavy atom. The van der Waals surface area contributed by atoms with Crippen LogP contribution < -0.4 is 0 Å². The Kier molecular flexibility index (Phi) is 4.48. The second kappa shape index (κ2) is 8.29. The number of para-hydroxylation sites is 2. The summed E-state index contributed by atoms with van der Waals surface area (Å²) in [6.07, 6.45) is 0. The number of hydrogen-bond acceptors (Lipinski definition) is 4. The molecule has 0 radical (unpaired) electrons. The van der Waals surface area contributed by atoms with E-state index in [4.69, 9.17) is 9.40 Å². The normalized spacial score (nSPS) is 12.3. The smallest absolute Gasteiger partial charge is 0.228 e. The Hall–Kier alpha value is -4.97. The quantitative estimate of drug-likeness (QED) is 0.206. The SMILES string of the molecule is c1ccc2c(c1)sc1c(-c3nc4c(ccc5sc6ccccc6c54)o3)ccc(-n3c4ccccc4c4ccccc43)c12. The number of hydrogen-bond donors (Lipinski definition) is 0. The molecule has 0 atom stereocenters. The average Bonchev–Trinajstić information content (AvgIpc) is 3.80. The molecule has 0 saturated carbocycles. The number of rotatable bonds is 2. The molecule has 10 aromatic rings. The van der Waals surface area contributed by atoms with Crippen molar-refractivity contribution in [1.29, 1.82) is 0 Å². The van der Waals surface area contributed by atoms with Gasteiger partial charge in [-0.05, 0) is 48.5 Å². The predicted octanol–water partition coefficient (Wildman–Crippen LogP) is 11.3. The second-order valence-corrected chi connectivity index (χ2v) is 12.8. The zero-order chi connectivity index (χ0) is 27.4. The van der Waals surface area contributed by atoms with E-state index in [0.717, 1.165) is 16.7 Å². The molecule has 0 spiro atoms. The molecule has 4 aromatic heterocycles. The van der Waals surface area contributed by atoms with Gasteiger partial charge in [-0.25, -0.2) is 4.98 Å². The Morgan fingerprint density at radius 1 is 0.524 bits per heavy atom. The number of oxazole rings is 1. The molecule has 196 valence electrons. The number of benzene rings is 6. The first-order valence-corrected chi connectivity index (χ1v) is 15.6. The van der Waals surface area contributed by atoms with Crippen molar-refractivity contribution in [3.05, 3.63) is 121 Å². The maximum atomic E-state index is 6.55. The average molecular weight is 573 g/mol. The van der Waals surface area contributed by atoms with Crippen LogP contribution in [-0.4, -0.2) is 9.55 Å². The Balaban J connectivity index is 1.31. The van der Waals surface area contributed by atoms with Crippen LogP contribution in [0.1, 0.15) is 0 Å². The molecule has 0 fully saturated rings. The molecule has 6 aromatic carbocycles. The number of thiophene rings is 2. The van der Waals surface area contributed by atoms with Crippen LogP contribution in [0.2, 0.25) is 0 Å². The van der Waals surface area contributed by atoms with Crippen molar-refractivity contribution >= 4 is 95.9 Å². The Bertz CT molecular complexity index is 2650. The van der Waals surface area contributed by atoms with E-state index in [-0.39, 0.29) is 0 Å². The minimum atomic E-state index is 0.665. The molecule has 10 rings (SSSR count). The molecule has 0 bridgehead atoms. The molecule has 0 saturated heterocycles. The third kappa shape index (κ3) is 2.96. The fraction of sp³-hybridized carbons (Fsp3) is 0.